The molecule has 1 saturated heterocycles. The fourth-order valence-electron chi connectivity index (χ4n) is 2.14. The quantitative estimate of drug-likeness (QED) is 0.709. The lowest BCUT2D eigenvalue weighted by atomic mass is 9.99. The Kier molecular flexibility index (Phi) is 5.05. The van der Waals surface area contributed by atoms with Crippen LogP contribution in [-0.2, 0) is 4.79 Å². The third-order valence-electron chi connectivity index (χ3n) is 3.14. The van der Waals surface area contributed by atoms with E-state index in [1.165, 1.54) is 0 Å². The van der Waals surface area contributed by atoms with Gasteiger partial charge in [0.25, 0.3) is 0 Å². The summed E-state index contributed by atoms with van der Waals surface area (Å²) in [6, 6.07) is 0.0338. The van der Waals surface area contributed by atoms with Gasteiger partial charge in [0, 0.05) is 12.5 Å². The fourth-order valence-corrected chi connectivity index (χ4v) is 2.14. The predicted molar refractivity (Wildman–Crippen MR) is 59.3 cm³/mol. The van der Waals surface area contributed by atoms with E-state index in [4.69, 9.17) is 5.73 Å². The number of hydrogen-bond acceptors (Lipinski definition) is 3. The molecule has 15 heavy (non-hydrogen) atoms. The van der Waals surface area contributed by atoms with Gasteiger partial charge in [-0.3, -0.25) is 4.79 Å². The molecule has 0 aromatic heterocycles. The van der Waals surface area contributed by atoms with E-state index in [0.717, 1.165) is 32.2 Å². The molecule has 0 spiro atoms. The maximum Gasteiger partial charge on any atom is 0.225 e. The van der Waals surface area contributed by atoms with Crippen molar-refractivity contribution < 1.29 is 9.90 Å². The van der Waals surface area contributed by atoms with Crippen molar-refractivity contribution in [3.8, 4) is 0 Å². The maximum atomic E-state index is 12.0. The molecule has 4 heteroatoms. The van der Waals surface area contributed by atoms with Crippen LogP contribution in [0.3, 0.4) is 0 Å². The van der Waals surface area contributed by atoms with E-state index in [9.17, 15) is 9.90 Å². The summed E-state index contributed by atoms with van der Waals surface area (Å²) in [6.07, 6.45) is 3.82. The third kappa shape index (κ3) is 3.18. The first-order valence-electron chi connectivity index (χ1n) is 5.82. The van der Waals surface area contributed by atoms with Crippen molar-refractivity contribution in [1.29, 1.82) is 0 Å². The van der Waals surface area contributed by atoms with Gasteiger partial charge >= 0.3 is 0 Å². The van der Waals surface area contributed by atoms with E-state index in [1.807, 2.05) is 11.8 Å². The molecule has 0 radical (unpaired) electrons. The second-order valence-corrected chi connectivity index (χ2v) is 4.34. The second-order valence-electron chi connectivity index (χ2n) is 4.34. The minimum atomic E-state index is -0.0119. The summed E-state index contributed by atoms with van der Waals surface area (Å²) in [7, 11) is 0. The standard InChI is InChI=1S/C11H22N2O2/c1-9(5-6-12)11(15)13-7-3-2-4-10(13)8-14/h9-10,14H,2-8,12H2,1H3. The van der Waals surface area contributed by atoms with Crippen molar-refractivity contribution >= 4 is 5.91 Å². The number of aliphatic hydroxyl groups is 1. The van der Waals surface area contributed by atoms with E-state index in [0.29, 0.717) is 6.54 Å². The number of rotatable bonds is 4. The zero-order chi connectivity index (χ0) is 11.3. The van der Waals surface area contributed by atoms with Gasteiger partial charge in [-0.25, -0.2) is 0 Å². The second kappa shape index (κ2) is 6.08. The maximum absolute atomic E-state index is 12.0. The molecule has 2 unspecified atom stereocenters. The highest BCUT2D eigenvalue weighted by molar-refractivity contribution is 5.78. The Hall–Kier alpha value is -0.610. The van der Waals surface area contributed by atoms with Crippen molar-refractivity contribution in [1.82, 2.24) is 4.90 Å². The fraction of sp³-hybridized carbons (Fsp3) is 0.909. The molecule has 1 amide bonds. The van der Waals surface area contributed by atoms with Crippen molar-refractivity contribution in [3.63, 3.8) is 0 Å². The molecule has 0 aromatic rings. The van der Waals surface area contributed by atoms with E-state index in [2.05, 4.69) is 0 Å². The van der Waals surface area contributed by atoms with E-state index in [1.54, 1.807) is 0 Å². The van der Waals surface area contributed by atoms with Crippen LogP contribution in [-0.4, -0.2) is 41.7 Å². The van der Waals surface area contributed by atoms with Gasteiger partial charge in [-0.2, -0.15) is 0 Å². The Balaban J connectivity index is 2.55. The largest absolute Gasteiger partial charge is 0.394 e. The number of nitrogens with zero attached hydrogens (tertiary/aromatic N) is 1. The molecule has 1 heterocycles. The average Bonchev–Trinajstić information content (AvgIpc) is 2.28. The SMILES string of the molecule is CC(CCN)C(=O)N1CCCCC1CO. The van der Waals surface area contributed by atoms with Crippen LogP contribution in [0.1, 0.15) is 32.6 Å². The minimum absolute atomic E-state index is 0.0119. The van der Waals surface area contributed by atoms with Crippen LogP contribution in [0.5, 0.6) is 0 Å². The number of amides is 1. The lowest BCUT2D eigenvalue weighted by molar-refractivity contribution is -0.140. The van der Waals surface area contributed by atoms with E-state index >= 15 is 0 Å². The summed E-state index contributed by atoms with van der Waals surface area (Å²) in [4.78, 5) is 13.9. The van der Waals surface area contributed by atoms with Gasteiger partial charge in [-0.05, 0) is 32.2 Å². The Labute approximate surface area is 91.4 Å². The highest BCUT2D eigenvalue weighted by Gasteiger charge is 2.28. The van der Waals surface area contributed by atoms with Crippen LogP contribution in [0.2, 0.25) is 0 Å². The molecule has 1 rings (SSSR count). The van der Waals surface area contributed by atoms with Gasteiger partial charge < -0.3 is 15.7 Å². The molecule has 88 valence electrons. The van der Waals surface area contributed by atoms with Gasteiger partial charge in [-0.1, -0.05) is 6.92 Å². The summed E-state index contributed by atoms with van der Waals surface area (Å²) < 4.78 is 0. The zero-order valence-corrected chi connectivity index (χ0v) is 9.48. The van der Waals surface area contributed by atoms with Gasteiger partial charge in [0.2, 0.25) is 5.91 Å². The highest BCUT2D eigenvalue weighted by Crippen LogP contribution is 2.19. The molecular formula is C11H22N2O2. The van der Waals surface area contributed by atoms with Gasteiger partial charge in [-0.15, -0.1) is 0 Å². The monoisotopic (exact) mass is 214 g/mol. The molecule has 3 N–H and O–H groups in total. The predicted octanol–water partition coefficient (Wildman–Crippen LogP) is 0.345. The van der Waals surface area contributed by atoms with Crippen molar-refractivity contribution in [2.24, 2.45) is 11.7 Å². The number of nitrogens with two attached hydrogens (primary N) is 1. The van der Waals surface area contributed by atoms with Crippen LogP contribution >= 0.6 is 0 Å². The molecule has 1 aliphatic heterocycles. The molecule has 1 aliphatic rings. The Morgan fingerprint density at radius 1 is 1.60 bits per heavy atom. The first kappa shape index (κ1) is 12.5. The summed E-state index contributed by atoms with van der Waals surface area (Å²) in [5, 5.41) is 9.20. The van der Waals surface area contributed by atoms with Crippen molar-refractivity contribution in [2.45, 2.75) is 38.6 Å². The molecule has 0 bridgehead atoms. The van der Waals surface area contributed by atoms with Gasteiger partial charge in [0.05, 0.1) is 12.6 Å². The lowest BCUT2D eigenvalue weighted by Crippen LogP contribution is -2.47. The lowest BCUT2D eigenvalue weighted by Gasteiger charge is -2.36. The molecule has 0 aromatic carbocycles. The summed E-state index contributed by atoms with van der Waals surface area (Å²) in [5.41, 5.74) is 5.44. The minimum Gasteiger partial charge on any atom is -0.394 e. The smallest absolute Gasteiger partial charge is 0.225 e. The number of likely N-dealkylation sites (tertiary alicyclic amines) is 1. The molecule has 1 fully saturated rings. The first-order valence-corrected chi connectivity index (χ1v) is 5.82. The van der Waals surface area contributed by atoms with Crippen LogP contribution in [0, 0.1) is 5.92 Å². The van der Waals surface area contributed by atoms with Crippen LogP contribution in [0.15, 0.2) is 0 Å². The third-order valence-corrected chi connectivity index (χ3v) is 3.14. The summed E-state index contributed by atoms with van der Waals surface area (Å²) in [5.74, 6) is 0.140. The van der Waals surface area contributed by atoms with Crippen molar-refractivity contribution in [3.05, 3.63) is 0 Å². The zero-order valence-electron chi connectivity index (χ0n) is 9.48. The van der Waals surface area contributed by atoms with Crippen LogP contribution < -0.4 is 5.73 Å². The highest BCUT2D eigenvalue weighted by atomic mass is 16.3. The van der Waals surface area contributed by atoms with Gasteiger partial charge in [0.15, 0.2) is 0 Å². The Morgan fingerprint density at radius 2 is 2.33 bits per heavy atom. The number of hydrogen-bond donors (Lipinski definition) is 2. The molecule has 0 saturated carbocycles. The number of piperidine rings is 1. The van der Waals surface area contributed by atoms with E-state index in [-0.39, 0.29) is 24.5 Å². The summed E-state index contributed by atoms with van der Waals surface area (Å²) in [6.45, 7) is 3.34. The van der Waals surface area contributed by atoms with E-state index < -0.39 is 0 Å². The van der Waals surface area contributed by atoms with Crippen LogP contribution in [0.4, 0.5) is 0 Å². The molecule has 0 aliphatic carbocycles. The van der Waals surface area contributed by atoms with Crippen molar-refractivity contribution in [2.75, 3.05) is 19.7 Å². The average molecular weight is 214 g/mol. The molecular weight excluding hydrogens is 192 g/mol. The topological polar surface area (TPSA) is 66.6 Å². The number of aliphatic hydroxyl groups excluding tert-OH is 1. The normalized spacial score (nSPS) is 23.9. The molecule has 2 atom stereocenters. The number of carbonyl (C=O) groups is 1. The Bertz CT molecular complexity index is 209. The molecule has 4 nitrogen and oxygen atoms in total. The van der Waals surface area contributed by atoms with Crippen LogP contribution in [0.25, 0.3) is 0 Å². The van der Waals surface area contributed by atoms with Gasteiger partial charge in [0.1, 0.15) is 0 Å². The first-order chi connectivity index (χ1) is 7.20. The number of carbonyl (C=O) groups excluding carboxylic acids is 1. The summed E-state index contributed by atoms with van der Waals surface area (Å²) >= 11 is 0. The Morgan fingerprint density at radius 3 is 2.93 bits per heavy atom.